The Hall–Kier alpha value is -3.12. The van der Waals surface area contributed by atoms with E-state index in [0.717, 1.165) is 19.6 Å². The zero-order chi connectivity index (χ0) is 19.3. The van der Waals surface area contributed by atoms with Gasteiger partial charge in [0.1, 0.15) is 5.69 Å². The summed E-state index contributed by atoms with van der Waals surface area (Å²) in [6, 6.07) is 14.1. The van der Waals surface area contributed by atoms with Gasteiger partial charge in [-0.25, -0.2) is 9.97 Å². The van der Waals surface area contributed by atoms with E-state index in [0.29, 0.717) is 30.2 Å². The maximum absolute atomic E-state index is 12.8. The molecule has 1 aliphatic rings. The van der Waals surface area contributed by atoms with E-state index in [1.54, 1.807) is 18.6 Å². The quantitative estimate of drug-likeness (QED) is 0.704. The second kappa shape index (κ2) is 8.27. The molecule has 0 bridgehead atoms. The number of aromatic nitrogens is 3. The van der Waals surface area contributed by atoms with Crippen molar-refractivity contribution >= 4 is 5.91 Å². The Kier molecular flexibility index (Phi) is 5.39. The van der Waals surface area contributed by atoms with Crippen molar-refractivity contribution in [2.45, 2.75) is 13.5 Å². The van der Waals surface area contributed by atoms with E-state index < -0.39 is 0 Å². The number of hydrogen-bond acceptors (Lipinski definition) is 5. The van der Waals surface area contributed by atoms with E-state index in [1.165, 1.54) is 11.1 Å². The van der Waals surface area contributed by atoms with Crippen molar-refractivity contribution in [2.75, 3.05) is 26.2 Å². The molecule has 0 atom stereocenters. The maximum Gasteiger partial charge on any atom is 0.257 e. The monoisotopic (exact) mass is 373 g/mol. The molecule has 0 spiro atoms. The summed E-state index contributed by atoms with van der Waals surface area (Å²) in [5.74, 6) is 0.517. The summed E-state index contributed by atoms with van der Waals surface area (Å²) >= 11 is 0. The number of carbonyl (C=O) groups is 1. The SMILES string of the molecule is Cc1ccccc1CN1CCN(C(=O)c2cnc(-c3ccccn3)nc2)CC1. The minimum Gasteiger partial charge on any atom is -0.336 e. The van der Waals surface area contributed by atoms with Gasteiger partial charge in [0.2, 0.25) is 0 Å². The van der Waals surface area contributed by atoms with Crippen LogP contribution in [0.2, 0.25) is 0 Å². The predicted molar refractivity (Wildman–Crippen MR) is 108 cm³/mol. The summed E-state index contributed by atoms with van der Waals surface area (Å²) < 4.78 is 0. The first-order valence-corrected chi connectivity index (χ1v) is 9.50. The van der Waals surface area contributed by atoms with Gasteiger partial charge in [0.05, 0.1) is 5.56 Å². The van der Waals surface area contributed by atoms with Crippen molar-refractivity contribution in [3.63, 3.8) is 0 Å². The summed E-state index contributed by atoms with van der Waals surface area (Å²) in [6.45, 7) is 6.24. The Bertz CT molecular complexity index is 935. The van der Waals surface area contributed by atoms with E-state index >= 15 is 0 Å². The molecule has 1 amide bonds. The second-order valence-electron chi connectivity index (χ2n) is 7.01. The molecule has 0 saturated carbocycles. The molecule has 1 fully saturated rings. The van der Waals surface area contributed by atoms with E-state index in [2.05, 4.69) is 51.0 Å². The number of hydrogen-bond donors (Lipinski definition) is 0. The third kappa shape index (κ3) is 4.07. The highest BCUT2D eigenvalue weighted by molar-refractivity contribution is 5.93. The van der Waals surface area contributed by atoms with E-state index in [1.807, 2.05) is 23.1 Å². The van der Waals surface area contributed by atoms with Gasteiger partial charge >= 0.3 is 0 Å². The molecule has 0 N–H and O–H groups in total. The lowest BCUT2D eigenvalue weighted by atomic mass is 10.1. The summed E-state index contributed by atoms with van der Waals surface area (Å²) in [6.07, 6.45) is 4.90. The topological polar surface area (TPSA) is 62.2 Å². The molecule has 0 aliphatic carbocycles. The van der Waals surface area contributed by atoms with Gasteiger partial charge in [-0.05, 0) is 30.2 Å². The Morgan fingerprint density at radius 1 is 0.929 bits per heavy atom. The number of pyridine rings is 1. The molecule has 3 heterocycles. The van der Waals surface area contributed by atoms with Gasteiger partial charge in [0.25, 0.3) is 5.91 Å². The van der Waals surface area contributed by atoms with Gasteiger partial charge in [-0.1, -0.05) is 30.3 Å². The number of piperazine rings is 1. The first-order valence-electron chi connectivity index (χ1n) is 9.50. The summed E-state index contributed by atoms with van der Waals surface area (Å²) in [4.78, 5) is 29.9. The van der Waals surface area contributed by atoms with Crippen LogP contribution in [0.5, 0.6) is 0 Å². The van der Waals surface area contributed by atoms with Crippen molar-refractivity contribution < 1.29 is 4.79 Å². The normalized spacial score (nSPS) is 14.8. The minimum absolute atomic E-state index is 0.0110. The van der Waals surface area contributed by atoms with Gasteiger partial charge < -0.3 is 4.90 Å². The smallest absolute Gasteiger partial charge is 0.257 e. The molecular weight excluding hydrogens is 350 g/mol. The Balaban J connectivity index is 1.35. The Morgan fingerprint density at radius 2 is 1.64 bits per heavy atom. The van der Waals surface area contributed by atoms with Gasteiger partial charge in [-0.2, -0.15) is 0 Å². The summed E-state index contributed by atoms with van der Waals surface area (Å²) in [5.41, 5.74) is 3.88. The molecule has 4 rings (SSSR count). The average Bonchev–Trinajstić information content (AvgIpc) is 2.76. The van der Waals surface area contributed by atoms with Gasteiger partial charge in [-0.3, -0.25) is 14.7 Å². The van der Waals surface area contributed by atoms with E-state index in [-0.39, 0.29) is 5.91 Å². The lowest BCUT2D eigenvalue weighted by Crippen LogP contribution is -2.48. The van der Waals surface area contributed by atoms with Crippen LogP contribution in [0.3, 0.4) is 0 Å². The third-order valence-corrected chi connectivity index (χ3v) is 5.11. The number of aryl methyl sites for hydroxylation is 1. The molecule has 3 aromatic rings. The first kappa shape index (κ1) is 18.3. The zero-order valence-electron chi connectivity index (χ0n) is 16.0. The molecule has 6 nitrogen and oxygen atoms in total. The molecule has 142 valence electrons. The molecule has 28 heavy (non-hydrogen) atoms. The van der Waals surface area contributed by atoms with Gasteiger partial charge in [-0.15, -0.1) is 0 Å². The van der Waals surface area contributed by atoms with Crippen LogP contribution in [0.15, 0.2) is 61.1 Å². The molecular formula is C22H23N5O. The van der Waals surface area contributed by atoms with Crippen LogP contribution < -0.4 is 0 Å². The summed E-state index contributed by atoms with van der Waals surface area (Å²) in [7, 11) is 0. The van der Waals surface area contributed by atoms with E-state index in [4.69, 9.17) is 0 Å². The van der Waals surface area contributed by atoms with Gasteiger partial charge in [0, 0.05) is 51.3 Å². The molecule has 1 aromatic carbocycles. The van der Waals surface area contributed by atoms with Crippen LogP contribution in [0.1, 0.15) is 21.5 Å². The van der Waals surface area contributed by atoms with Gasteiger partial charge in [0.15, 0.2) is 5.82 Å². The van der Waals surface area contributed by atoms with Crippen molar-refractivity contribution in [1.29, 1.82) is 0 Å². The number of carbonyl (C=O) groups excluding carboxylic acids is 1. The number of amides is 1. The Labute approximate surface area is 164 Å². The third-order valence-electron chi connectivity index (χ3n) is 5.11. The lowest BCUT2D eigenvalue weighted by molar-refractivity contribution is 0.0627. The standard InChI is InChI=1S/C22H23N5O/c1-17-6-2-3-7-18(17)16-26-10-12-27(13-11-26)22(28)19-14-24-21(25-15-19)20-8-4-5-9-23-20/h2-9,14-15H,10-13,16H2,1H3. The fourth-order valence-electron chi connectivity index (χ4n) is 3.39. The van der Waals surface area contributed by atoms with Crippen LogP contribution in [-0.2, 0) is 6.54 Å². The molecule has 6 heteroatoms. The van der Waals surface area contributed by atoms with Crippen LogP contribution in [0.25, 0.3) is 11.5 Å². The van der Waals surface area contributed by atoms with Crippen LogP contribution in [0, 0.1) is 6.92 Å². The second-order valence-corrected chi connectivity index (χ2v) is 7.01. The zero-order valence-corrected chi connectivity index (χ0v) is 16.0. The number of nitrogens with zero attached hydrogens (tertiary/aromatic N) is 5. The number of benzene rings is 1. The first-order chi connectivity index (χ1) is 13.7. The average molecular weight is 373 g/mol. The number of rotatable bonds is 4. The van der Waals surface area contributed by atoms with Crippen LogP contribution >= 0.6 is 0 Å². The molecule has 1 aliphatic heterocycles. The fourth-order valence-corrected chi connectivity index (χ4v) is 3.39. The van der Waals surface area contributed by atoms with Crippen molar-refractivity contribution in [1.82, 2.24) is 24.8 Å². The predicted octanol–water partition coefficient (Wildman–Crippen LogP) is 2.81. The van der Waals surface area contributed by atoms with E-state index in [9.17, 15) is 4.79 Å². The summed E-state index contributed by atoms with van der Waals surface area (Å²) in [5, 5.41) is 0. The molecule has 2 aromatic heterocycles. The Morgan fingerprint density at radius 3 is 2.32 bits per heavy atom. The highest BCUT2D eigenvalue weighted by Crippen LogP contribution is 2.15. The molecule has 0 radical (unpaired) electrons. The van der Waals surface area contributed by atoms with Crippen LogP contribution in [-0.4, -0.2) is 56.8 Å². The van der Waals surface area contributed by atoms with Crippen molar-refractivity contribution in [2.24, 2.45) is 0 Å². The van der Waals surface area contributed by atoms with Crippen LogP contribution in [0.4, 0.5) is 0 Å². The largest absolute Gasteiger partial charge is 0.336 e. The van der Waals surface area contributed by atoms with Crippen molar-refractivity contribution in [3.8, 4) is 11.5 Å². The maximum atomic E-state index is 12.8. The minimum atomic E-state index is -0.0110. The molecule has 1 saturated heterocycles. The lowest BCUT2D eigenvalue weighted by Gasteiger charge is -2.35. The highest BCUT2D eigenvalue weighted by Gasteiger charge is 2.23. The molecule has 0 unspecified atom stereocenters. The fraction of sp³-hybridized carbons (Fsp3) is 0.273. The van der Waals surface area contributed by atoms with Crippen molar-refractivity contribution in [3.05, 3.63) is 77.7 Å². The highest BCUT2D eigenvalue weighted by atomic mass is 16.2.